The highest BCUT2D eigenvalue weighted by Gasteiger charge is 2.36. The second-order valence-corrected chi connectivity index (χ2v) is 16.7. The average Bonchev–Trinajstić information content (AvgIpc) is 3.65. The minimum atomic E-state index is -4.71. The van der Waals surface area contributed by atoms with Gasteiger partial charge < -0.3 is 4.74 Å². The molecule has 1 N–H and O–H groups in total. The van der Waals surface area contributed by atoms with Gasteiger partial charge in [0.15, 0.2) is 5.69 Å². The fraction of sp³-hybridized carbons (Fsp3) is 0.286. The topological polar surface area (TPSA) is 111 Å². The quantitative estimate of drug-likeness (QED) is 0.0953. The molecule has 45 heavy (non-hydrogen) atoms. The number of hydrogen-bond acceptors (Lipinski definition) is 8. The number of H-pyrrole nitrogens is 1. The predicted molar refractivity (Wildman–Crippen MR) is 155 cm³/mol. The van der Waals surface area contributed by atoms with Crippen LogP contribution in [0.25, 0.3) is 22.8 Å². The van der Waals surface area contributed by atoms with E-state index in [9.17, 15) is 26.3 Å². The summed E-state index contributed by atoms with van der Waals surface area (Å²) in [6.07, 6.45) is -6.65. The summed E-state index contributed by atoms with van der Waals surface area (Å²) in [5.74, 6) is -0.0404. The van der Waals surface area contributed by atoms with Crippen molar-refractivity contribution in [3.63, 3.8) is 0 Å². The van der Waals surface area contributed by atoms with E-state index in [0.29, 0.717) is 12.3 Å². The molecule has 0 radical (unpaired) electrons. The SMILES string of the molecule is C[Si](C)(C)CCOCn1nc(C(F)(F)F)cc1-c1ccnc(N(c2ccccc2)c2nccc(-c3cc(C(F)(F)F)[nH]n3)n2)n1. The van der Waals surface area contributed by atoms with Gasteiger partial charge in [0.1, 0.15) is 18.1 Å². The summed E-state index contributed by atoms with van der Waals surface area (Å²) in [5, 5.41) is 9.42. The van der Waals surface area contributed by atoms with Crippen molar-refractivity contribution in [3.8, 4) is 22.8 Å². The van der Waals surface area contributed by atoms with Crippen molar-refractivity contribution in [2.24, 2.45) is 0 Å². The first-order chi connectivity index (χ1) is 21.2. The lowest BCUT2D eigenvalue weighted by Crippen LogP contribution is -2.22. The molecule has 0 aliphatic rings. The third-order valence-corrected chi connectivity index (χ3v) is 8.09. The third-order valence-electron chi connectivity index (χ3n) is 6.39. The molecule has 236 valence electrons. The molecule has 0 saturated heterocycles. The number of benzene rings is 1. The van der Waals surface area contributed by atoms with Crippen LogP contribution in [0.3, 0.4) is 0 Å². The molecular formula is C28H27F6N9OSi. The van der Waals surface area contributed by atoms with Crippen molar-refractivity contribution in [3.05, 3.63) is 78.4 Å². The first kappa shape index (κ1) is 31.8. The molecule has 0 amide bonds. The number of ether oxygens (including phenoxy) is 1. The molecule has 0 spiro atoms. The minimum Gasteiger partial charge on any atom is -0.360 e. The molecule has 0 aliphatic heterocycles. The Hall–Kier alpha value is -4.64. The van der Waals surface area contributed by atoms with Gasteiger partial charge in [-0.15, -0.1) is 0 Å². The maximum absolute atomic E-state index is 13.7. The smallest absolute Gasteiger partial charge is 0.360 e. The van der Waals surface area contributed by atoms with Gasteiger partial charge in [0.25, 0.3) is 0 Å². The predicted octanol–water partition coefficient (Wildman–Crippen LogP) is 7.34. The zero-order chi connectivity index (χ0) is 32.4. The molecule has 0 unspecified atom stereocenters. The average molecular weight is 648 g/mol. The Morgan fingerprint density at radius 1 is 0.822 bits per heavy atom. The number of anilines is 3. The van der Waals surface area contributed by atoms with E-state index in [1.165, 1.54) is 29.4 Å². The number of nitrogens with one attached hydrogen (secondary N) is 1. The van der Waals surface area contributed by atoms with Crippen LogP contribution in [-0.2, 0) is 23.8 Å². The number of aromatic nitrogens is 8. The Labute approximate surface area is 254 Å². The van der Waals surface area contributed by atoms with Crippen LogP contribution in [0.2, 0.25) is 25.7 Å². The molecule has 10 nitrogen and oxygen atoms in total. The van der Waals surface area contributed by atoms with E-state index in [1.54, 1.807) is 30.3 Å². The van der Waals surface area contributed by atoms with E-state index < -0.39 is 31.8 Å². The van der Waals surface area contributed by atoms with Crippen molar-refractivity contribution in [2.45, 2.75) is 44.8 Å². The van der Waals surface area contributed by atoms with Gasteiger partial charge in [0.2, 0.25) is 11.9 Å². The maximum Gasteiger partial charge on any atom is 0.435 e. The number of hydrogen-bond donors (Lipinski definition) is 1. The van der Waals surface area contributed by atoms with E-state index in [4.69, 9.17) is 4.74 Å². The Balaban J connectivity index is 1.54. The molecule has 4 heterocycles. The Morgan fingerprint density at radius 2 is 1.47 bits per heavy atom. The van der Waals surface area contributed by atoms with Crippen molar-refractivity contribution in [2.75, 3.05) is 11.5 Å². The molecule has 0 fully saturated rings. The molecular weight excluding hydrogens is 620 g/mol. The number of halogens is 6. The van der Waals surface area contributed by atoms with Crippen LogP contribution in [0.5, 0.6) is 0 Å². The fourth-order valence-electron chi connectivity index (χ4n) is 4.08. The lowest BCUT2D eigenvalue weighted by atomic mass is 10.2. The Morgan fingerprint density at radius 3 is 2.07 bits per heavy atom. The van der Waals surface area contributed by atoms with Crippen molar-refractivity contribution in [1.29, 1.82) is 0 Å². The summed E-state index contributed by atoms with van der Waals surface area (Å²) in [7, 11) is -1.44. The van der Waals surface area contributed by atoms with Crippen LogP contribution in [0.15, 0.2) is 67.0 Å². The molecule has 5 aromatic rings. The van der Waals surface area contributed by atoms with Gasteiger partial charge in [-0.25, -0.2) is 29.5 Å². The normalized spacial score (nSPS) is 12.5. The molecule has 0 atom stereocenters. The number of para-hydroxylation sites is 1. The van der Waals surface area contributed by atoms with Crippen LogP contribution >= 0.6 is 0 Å². The molecule has 0 saturated carbocycles. The van der Waals surface area contributed by atoms with Crippen LogP contribution in [0.1, 0.15) is 11.4 Å². The highest BCUT2D eigenvalue weighted by atomic mass is 28.3. The molecule has 17 heteroatoms. The van der Waals surface area contributed by atoms with Gasteiger partial charge in [-0.2, -0.15) is 36.5 Å². The largest absolute Gasteiger partial charge is 0.435 e. The zero-order valence-corrected chi connectivity index (χ0v) is 25.2. The van der Waals surface area contributed by atoms with Gasteiger partial charge in [0, 0.05) is 27.1 Å². The van der Waals surface area contributed by atoms with Crippen LogP contribution < -0.4 is 4.90 Å². The standard InChI is InChI=1S/C28H27F6N9OSi/c1-45(2,3)14-13-44-17-42-22(16-24(41-42)28(32,33)34)20-10-12-36-26(38-20)43(18-7-5-4-6-8-18)25-35-11-9-19(37-25)21-15-23(40-39-21)27(29,30)31/h4-12,15-16H,13-14,17H2,1-3H3,(H,39,40). The lowest BCUT2D eigenvalue weighted by Gasteiger charge is -2.21. The van der Waals surface area contributed by atoms with Gasteiger partial charge in [0.05, 0.1) is 22.8 Å². The number of nitrogens with zero attached hydrogens (tertiary/aromatic N) is 8. The molecule has 1 aromatic carbocycles. The summed E-state index contributed by atoms with van der Waals surface area (Å²) in [6.45, 7) is 6.61. The van der Waals surface area contributed by atoms with Crippen molar-refractivity contribution in [1.82, 2.24) is 39.9 Å². The van der Waals surface area contributed by atoms with E-state index in [-0.39, 0.29) is 41.4 Å². The minimum absolute atomic E-state index is 0.0187. The summed E-state index contributed by atoms with van der Waals surface area (Å²) in [6, 6.07) is 13.9. The summed E-state index contributed by atoms with van der Waals surface area (Å²) in [5.41, 5.74) is -1.54. The van der Waals surface area contributed by atoms with Crippen LogP contribution in [0.4, 0.5) is 43.9 Å². The summed E-state index contributed by atoms with van der Waals surface area (Å²) < 4.78 is 87.4. The second kappa shape index (κ2) is 12.4. The molecule has 0 aliphatic carbocycles. The van der Waals surface area contributed by atoms with E-state index in [1.807, 2.05) is 5.10 Å². The van der Waals surface area contributed by atoms with Gasteiger partial charge >= 0.3 is 12.4 Å². The lowest BCUT2D eigenvalue weighted by molar-refractivity contribution is -0.142. The Kier molecular flexibility index (Phi) is 8.75. The number of rotatable bonds is 10. The molecule has 4 aromatic heterocycles. The summed E-state index contributed by atoms with van der Waals surface area (Å²) >= 11 is 0. The van der Waals surface area contributed by atoms with Crippen LogP contribution in [-0.4, -0.2) is 54.6 Å². The van der Waals surface area contributed by atoms with Crippen molar-refractivity contribution < 1.29 is 31.1 Å². The third kappa shape index (κ3) is 7.72. The Bertz CT molecular complexity index is 1750. The van der Waals surface area contributed by atoms with Crippen molar-refractivity contribution >= 4 is 25.7 Å². The number of aromatic amines is 1. The van der Waals surface area contributed by atoms with Gasteiger partial charge in [-0.1, -0.05) is 37.8 Å². The van der Waals surface area contributed by atoms with E-state index in [0.717, 1.165) is 22.9 Å². The molecule has 0 bridgehead atoms. The second-order valence-electron chi connectivity index (χ2n) is 11.1. The molecule has 5 rings (SSSR count). The monoisotopic (exact) mass is 647 g/mol. The van der Waals surface area contributed by atoms with E-state index in [2.05, 4.69) is 49.8 Å². The highest BCUT2D eigenvalue weighted by molar-refractivity contribution is 6.76. The maximum atomic E-state index is 13.7. The first-order valence-electron chi connectivity index (χ1n) is 13.6. The number of alkyl halides is 6. The van der Waals surface area contributed by atoms with Gasteiger partial charge in [-0.3, -0.25) is 5.10 Å². The first-order valence-corrected chi connectivity index (χ1v) is 17.3. The van der Waals surface area contributed by atoms with Crippen LogP contribution in [0, 0.1) is 0 Å². The highest BCUT2D eigenvalue weighted by Crippen LogP contribution is 2.35. The van der Waals surface area contributed by atoms with E-state index >= 15 is 0 Å². The van der Waals surface area contributed by atoms with Gasteiger partial charge in [-0.05, 0) is 42.4 Å². The zero-order valence-electron chi connectivity index (χ0n) is 24.2. The summed E-state index contributed by atoms with van der Waals surface area (Å²) in [4.78, 5) is 19.0. The fourth-order valence-corrected chi connectivity index (χ4v) is 4.84.